The first-order valence-electron chi connectivity index (χ1n) is 6.91. The van der Waals surface area contributed by atoms with Crippen LogP contribution < -0.4 is 5.32 Å². The summed E-state index contributed by atoms with van der Waals surface area (Å²) >= 11 is 3.38. The van der Waals surface area contributed by atoms with Crippen LogP contribution in [-0.4, -0.2) is 19.9 Å². The van der Waals surface area contributed by atoms with Crippen LogP contribution in [0.15, 0.2) is 41.3 Å². The minimum atomic E-state index is -0.262. The third kappa shape index (κ3) is 2.97. The molecule has 1 N–H and O–H groups in total. The van der Waals surface area contributed by atoms with E-state index in [4.69, 9.17) is 0 Å². The molecule has 0 aliphatic carbocycles. The van der Waals surface area contributed by atoms with E-state index in [0.717, 1.165) is 27.3 Å². The lowest BCUT2D eigenvalue weighted by molar-refractivity contribution is 0.627. The second-order valence-corrected chi connectivity index (χ2v) is 6.94. The highest BCUT2D eigenvalue weighted by Gasteiger charge is 2.19. The van der Waals surface area contributed by atoms with Crippen molar-refractivity contribution in [2.75, 3.05) is 5.32 Å². The van der Waals surface area contributed by atoms with Gasteiger partial charge in [-0.05, 0) is 61.0 Å². The molecule has 0 aliphatic heterocycles. The van der Waals surface area contributed by atoms with Gasteiger partial charge in [-0.1, -0.05) is 0 Å². The van der Waals surface area contributed by atoms with Crippen LogP contribution in [0.3, 0.4) is 0 Å². The molecular formula is C16H16BrFN4. The molecule has 0 bridgehead atoms. The number of aromatic nitrogens is 3. The fraction of sp³-hybridized carbons (Fsp3) is 0.250. The Morgan fingerprint density at radius 2 is 1.86 bits per heavy atom. The fourth-order valence-corrected chi connectivity index (χ4v) is 2.52. The number of halogens is 2. The Kier molecular flexibility index (Phi) is 3.64. The van der Waals surface area contributed by atoms with E-state index >= 15 is 0 Å². The predicted molar refractivity (Wildman–Crippen MR) is 89.5 cm³/mol. The van der Waals surface area contributed by atoms with Crippen molar-refractivity contribution in [1.29, 1.82) is 0 Å². The molecular weight excluding hydrogens is 347 g/mol. The zero-order chi connectivity index (χ0) is 15.9. The molecule has 6 heteroatoms. The van der Waals surface area contributed by atoms with Crippen molar-refractivity contribution in [2.24, 2.45) is 0 Å². The standard InChI is InChI=1S/C16H16BrFN4/c1-16(2,3)21-15-14(10-4-6-11(18)7-5-10)20-13-8-19-12(17)9-22(13)15/h4-9,21H,1-3H3. The Morgan fingerprint density at radius 3 is 2.50 bits per heavy atom. The van der Waals surface area contributed by atoms with Gasteiger partial charge in [-0.2, -0.15) is 0 Å². The molecule has 0 saturated heterocycles. The van der Waals surface area contributed by atoms with Crippen molar-refractivity contribution in [3.05, 3.63) is 47.1 Å². The molecule has 0 saturated carbocycles. The van der Waals surface area contributed by atoms with Gasteiger partial charge in [0.05, 0.1) is 6.20 Å². The average molecular weight is 363 g/mol. The van der Waals surface area contributed by atoms with Crippen LogP contribution in [0, 0.1) is 5.82 Å². The lowest BCUT2D eigenvalue weighted by atomic mass is 10.1. The molecule has 4 nitrogen and oxygen atoms in total. The SMILES string of the molecule is CC(C)(C)Nc1c(-c2ccc(F)cc2)nc2cnc(Br)cn12. The quantitative estimate of drug-likeness (QED) is 0.729. The van der Waals surface area contributed by atoms with Gasteiger partial charge in [0.25, 0.3) is 0 Å². The van der Waals surface area contributed by atoms with Crippen molar-refractivity contribution in [2.45, 2.75) is 26.3 Å². The van der Waals surface area contributed by atoms with E-state index in [9.17, 15) is 4.39 Å². The number of nitrogens with zero attached hydrogens (tertiary/aromatic N) is 3. The minimum absolute atomic E-state index is 0.138. The van der Waals surface area contributed by atoms with Gasteiger partial charge in [-0.25, -0.2) is 14.4 Å². The van der Waals surface area contributed by atoms with Crippen LogP contribution in [0.25, 0.3) is 16.9 Å². The van der Waals surface area contributed by atoms with E-state index in [1.807, 2.05) is 10.6 Å². The molecule has 3 rings (SSSR count). The molecule has 2 aromatic heterocycles. The third-order valence-corrected chi connectivity index (χ3v) is 3.50. The number of nitrogens with one attached hydrogen (secondary N) is 1. The van der Waals surface area contributed by atoms with E-state index < -0.39 is 0 Å². The lowest BCUT2D eigenvalue weighted by Gasteiger charge is -2.22. The number of hydrogen-bond donors (Lipinski definition) is 1. The fourth-order valence-electron chi connectivity index (χ4n) is 2.21. The van der Waals surface area contributed by atoms with Crippen LogP contribution in [0.5, 0.6) is 0 Å². The summed E-state index contributed by atoms with van der Waals surface area (Å²) in [6, 6.07) is 6.34. The van der Waals surface area contributed by atoms with Crippen molar-refractivity contribution >= 4 is 27.4 Å². The van der Waals surface area contributed by atoms with Gasteiger partial charge >= 0.3 is 0 Å². The van der Waals surface area contributed by atoms with Crippen LogP contribution in [-0.2, 0) is 0 Å². The second kappa shape index (κ2) is 5.35. The highest BCUT2D eigenvalue weighted by atomic mass is 79.9. The zero-order valence-electron chi connectivity index (χ0n) is 12.6. The van der Waals surface area contributed by atoms with E-state index in [2.05, 4.69) is 52.0 Å². The first-order valence-corrected chi connectivity index (χ1v) is 7.70. The summed E-state index contributed by atoms with van der Waals surface area (Å²) in [7, 11) is 0. The van der Waals surface area contributed by atoms with Crippen LogP contribution in [0.1, 0.15) is 20.8 Å². The Labute approximate surface area is 136 Å². The Hall–Kier alpha value is -1.95. The molecule has 1 aromatic carbocycles. The lowest BCUT2D eigenvalue weighted by Crippen LogP contribution is -2.27. The summed E-state index contributed by atoms with van der Waals surface area (Å²) in [4.78, 5) is 8.84. The Balaban J connectivity index is 2.23. The Bertz CT molecular complexity index is 819. The van der Waals surface area contributed by atoms with Crippen molar-refractivity contribution in [1.82, 2.24) is 14.4 Å². The molecule has 3 aromatic rings. The van der Waals surface area contributed by atoms with Gasteiger partial charge < -0.3 is 5.32 Å². The van der Waals surface area contributed by atoms with Gasteiger partial charge in [0.15, 0.2) is 5.65 Å². The van der Waals surface area contributed by atoms with E-state index in [0.29, 0.717) is 0 Å². The van der Waals surface area contributed by atoms with Crippen LogP contribution in [0.2, 0.25) is 0 Å². The average Bonchev–Trinajstić information content (AvgIpc) is 2.76. The first kappa shape index (κ1) is 15.0. The van der Waals surface area contributed by atoms with E-state index in [1.165, 1.54) is 12.1 Å². The number of rotatable bonds is 2. The molecule has 2 heterocycles. The van der Waals surface area contributed by atoms with Crippen molar-refractivity contribution < 1.29 is 4.39 Å². The van der Waals surface area contributed by atoms with Gasteiger partial charge in [0, 0.05) is 17.3 Å². The zero-order valence-corrected chi connectivity index (χ0v) is 14.1. The molecule has 0 aliphatic rings. The number of hydrogen-bond acceptors (Lipinski definition) is 3. The first-order chi connectivity index (χ1) is 10.3. The van der Waals surface area contributed by atoms with E-state index in [1.54, 1.807) is 18.3 Å². The summed E-state index contributed by atoms with van der Waals surface area (Å²) in [5, 5.41) is 3.47. The molecule has 114 valence electrons. The summed E-state index contributed by atoms with van der Waals surface area (Å²) < 4.78 is 15.8. The third-order valence-electron chi connectivity index (χ3n) is 3.09. The number of fused-ring (bicyclic) bond motifs is 1. The largest absolute Gasteiger partial charge is 0.365 e. The molecule has 0 amide bonds. The monoisotopic (exact) mass is 362 g/mol. The summed E-state index contributed by atoms with van der Waals surface area (Å²) in [6.45, 7) is 6.24. The summed E-state index contributed by atoms with van der Waals surface area (Å²) in [6.07, 6.45) is 3.56. The molecule has 0 atom stereocenters. The smallest absolute Gasteiger partial charge is 0.157 e. The predicted octanol–water partition coefficient (Wildman–Crippen LogP) is 4.51. The Morgan fingerprint density at radius 1 is 1.18 bits per heavy atom. The van der Waals surface area contributed by atoms with Gasteiger partial charge in [0.1, 0.15) is 21.9 Å². The molecule has 22 heavy (non-hydrogen) atoms. The van der Waals surface area contributed by atoms with E-state index in [-0.39, 0.29) is 11.4 Å². The van der Waals surface area contributed by atoms with Crippen LogP contribution in [0.4, 0.5) is 10.2 Å². The molecule has 0 unspecified atom stereocenters. The summed E-state index contributed by atoms with van der Waals surface area (Å²) in [5.74, 6) is 0.597. The number of imidazole rings is 1. The van der Waals surface area contributed by atoms with Gasteiger partial charge in [0.2, 0.25) is 0 Å². The topological polar surface area (TPSA) is 42.2 Å². The number of benzene rings is 1. The van der Waals surface area contributed by atoms with Gasteiger partial charge in [-0.3, -0.25) is 4.40 Å². The van der Waals surface area contributed by atoms with Gasteiger partial charge in [-0.15, -0.1) is 0 Å². The van der Waals surface area contributed by atoms with Crippen LogP contribution >= 0.6 is 15.9 Å². The maximum absolute atomic E-state index is 13.2. The van der Waals surface area contributed by atoms with Crippen molar-refractivity contribution in [3.63, 3.8) is 0 Å². The second-order valence-electron chi connectivity index (χ2n) is 6.13. The minimum Gasteiger partial charge on any atom is -0.365 e. The number of anilines is 1. The highest BCUT2D eigenvalue weighted by molar-refractivity contribution is 9.10. The highest BCUT2D eigenvalue weighted by Crippen LogP contribution is 2.31. The molecule has 0 radical (unpaired) electrons. The maximum Gasteiger partial charge on any atom is 0.157 e. The maximum atomic E-state index is 13.2. The normalized spacial score (nSPS) is 11.9. The summed E-state index contributed by atoms with van der Waals surface area (Å²) in [5.41, 5.74) is 2.22. The van der Waals surface area contributed by atoms with Crippen molar-refractivity contribution in [3.8, 4) is 11.3 Å². The molecule has 0 spiro atoms. The molecule has 0 fully saturated rings.